The number of hydrogen-bond donors (Lipinski definition) is 0. The van der Waals surface area contributed by atoms with E-state index >= 15 is 0 Å². The Morgan fingerprint density at radius 2 is 1.21 bits per heavy atom. The van der Waals surface area contributed by atoms with Gasteiger partial charge in [0.2, 0.25) is 0 Å². The summed E-state index contributed by atoms with van der Waals surface area (Å²) >= 11 is 0. The minimum Gasteiger partial charge on any atom is -0.457 e. The van der Waals surface area contributed by atoms with E-state index in [9.17, 15) is 0 Å². The van der Waals surface area contributed by atoms with Crippen molar-refractivity contribution in [3.8, 4) is 22.6 Å². The molecule has 0 atom stereocenters. The minimum atomic E-state index is 0.869. The van der Waals surface area contributed by atoms with Gasteiger partial charge < -0.3 is 4.74 Å². The molecule has 0 fully saturated rings. The molecule has 0 heterocycles. The molecule has 0 saturated carbocycles. The van der Waals surface area contributed by atoms with Gasteiger partial charge in [-0.05, 0) is 53.8 Å². The van der Waals surface area contributed by atoms with Crippen LogP contribution in [0, 0.1) is 0 Å². The quantitative estimate of drug-likeness (QED) is 0.432. The lowest BCUT2D eigenvalue weighted by Gasteiger charge is -2.08. The molecule has 1 nitrogen and oxygen atoms in total. The van der Waals surface area contributed by atoms with E-state index in [4.69, 9.17) is 4.74 Å². The van der Waals surface area contributed by atoms with Gasteiger partial charge in [-0.15, -0.1) is 0 Å². The summed E-state index contributed by atoms with van der Waals surface area (Å²) < 4.78 is 5.95. The van der Waals surface area contributed by atoms with Crippen molar-refractivity contribution in [1.29, 1.82) is 0 Å². The molecule has 0 aliphatic carbocycles. The Hall–Kier alpha value is -2.54. The highest BCUT2D eigenvalue weighted by Gasteiger charge is 2.00. The van der Waals surface area contributed by atoms with Gasteiger partial charge in [0.25, 0.3) is 0 Å². The molecule has 3 aromatic rings. The van der Waals surface area contributed by atoms with Gasteiger partial charge in [-0.1, -0.05) is 74.4 Å². The number of unbranched alkanes of at least 4 members (excludes halogenated alkanes) is 2. The molecule has 0 spiro atoms. The molecule has 0 saturated heterocycles. The van der Waals surface area contributed by atoms with Crippen molar-refractivity contribution in [2.24, 2.45) is 0 Å². The molecule has 0 aliphatic rings. The molecule has 24 heavy (non-hydrogen) atoms. The average molecular weight is 316 g/mol. The Morgan fingerprint density at radius 3 is 1.83 bits per heavy atom. The van der Waals surface area contributed by atoms with Crippen LogP contribution in [0.15, 0.2) is 78.9 Å². The number of aryl methyl sites for hydroxylation is 1. The van der Waals surface area contributed by atoms with Crippen molar-refractivity contribution >= 4 is 0 Å². The zero-order chi connectivity index (χ0) is 16.6. The number of hydrogen-bond acceptors (Lipinski definition) is 1. The lowest BCUT2D eigenvalue weighted by molar-refractivity contribution is 0.482. The van der Waals surface area contributed by atoms with Crippen LogP contribution in [0.2, 0.25) is 0 Å². The van der Waals surface area contributed by atoms with Gasteiger partial charge in [0.15, 0.2) is 0 Å². The van der Waals surface area contributed by atoms with Gasteiger partial charge >= 0.3 is 0 Å². The predicted octanol–water partition coefficient (Wildman–Crippen LogP) is 6.88. The van der Waals surface area contributed by atoms with E-state index in [1.807, 2.05) is 18.2 Å². The second-order valence-corrected chi connectivity index (χ2v) is 6.09. The van der Waals surface area contributed by atoms with E-state index in [1.165, 1.54) is 36.0 Å². The molecule has 0 N–H and O–H groups in total. The molecular weight excluding hydrogens is 292 g/mol. The summed E-state index contributed by atoms with van der Waals surface area (Å²) in [6.45, 7) is 2.24. The van der Waals surface area contributed by atoms with Crippen molar-refractivity contribution in [1.82, 2.24) is 0 Å². The summed E-state index contributed by atoms with van der Waals surface area (Å²) in [7, 11) is 0. The van der Waals surface area contributed by atoms with Crippen LogP contribution in [0.1, 0.15) is 31.7 Å². The van der Waals surface area contributed by atoms with Crippen molar-refractivity contribution in [3.05, 3.63) is 84.4 Å². The third-order valence-electron chi connectivity index (χ3n) is 4.19. The van der Waals surface area contributed by atoms with E-state index in [0.717, 1.165) is 17.9 Å². The molecule has 0 bridgehead atoms. The highest BCUT2D eigenvalue weighted by molar-refractivity contribution is 5.64. The standard InChI is InChI=1S/C23H24O/c1-2-3-5-8-19-11-15-22(16-12-19)24-23-17-13-21(14-18-23)20-9-6-4-7-10-20/h4,6-7,9-18H,2-3,5,8H2,1H3. The SMILES string of the molecule is CCCCCc1ccc(Oc2ccc(-c3ccccc3)cc2)cc1. The van der Waals surface area contributed by atoms with E-state index in [0.29, 0.717) is 0 Å². The summed E-state index contributed by atoms with van der Waals surface area (Å²) in [5.41, 5.74) is 3.81. The topological polar surface area (TPSA) is 9.23 Å². The highest BCUT2D eigenvalue weighted by atomic mass is 16.5. The molecule has 3 aromatic carbocycles. The summed E-state index contributed by atoms with van der Waals surface area (Å²) in [6, 6.07) is 27.1. The zero-order valence-corrected chi connectivity index (χ0v) is 14.2. The molecule has 0 aliphatic heterocycles. The highest BCUT2D eigenvalue weighted by Crippen LogP contribution is 2.26. The number of rotatable bonds is 7. The molecule has 3 rings (SSSR count). The van der Waals surface area contributed by atoms with Crippen LogP contribution < -0.4 is 4.74 Å². The Bertz CT molecular complexity index is 727. The van der Waals surface area contributed by atoms with Gasteiger partial charge in [-0.3, -0.25) is 0 Å². The smallest absolute Gasteiger partial charge is 0.127 e. The fourth-order valence-electron chi connectivity index (χ4n) is 2.79. The second kappa shape index (κ2) is 8.35. The maximum absolute atomic E-state index is 5.95. The van der Waals surface area contributed by atoms with E-state index in [-0.39, 0.29) is 0 Å². The summed E-state index contributed by atoms with van der Waals surface area (Å²) in [5, 5.41) is 0. The normalized spacial score (nSPS) is 10.5. The first-order valence-corrected chi connectivity index (χ1v) is 8.77. The van der Waals surface area contributed by atoms with Crippen molar-refractivity contribution in [2.75, 3.05) is 0 Å². The van der Waals surface area contributed by atoms with Crippen LogP contribution in [0.4, 0.5) is 0 Å². The first kappa shape index (κ1) is 16.3. The maximum atomic E-state index is 5.95. The Balaban J connectivity index is 1.61. The van der Waals surface area contributed by atoms with Crippen molar-refractivity contribution in [2.45, 2.75) is 32.6 Å². The lowest BCUT2D eigenvalue weighted by Crippen LogP contribution is -1.88. The Morgan fingerprint density at radius 1 is 0.625 bits per heavy atom. The predicted molar refractivity (Wildman–Crippen MR) is 102 cm³/mol. The van der Waals surface area contributed by atoms with E-state index in [2.05, 4.69) is 67.6 Å². The van der Waals surface area contributed by atoms with Crippen LogP contribution >= 0.6 is 0 Å². The fraction of sp³-hybridized carbons (Fsp3) is 0.217. The van der Waals surface area contributed by atoms with Crippen LogP contribution in [0.25, 0.3) is 11.1 Å². The van der Waals surface area contributed by atoms with E-state index in [1.54, 1.807) is 0 Å². The molecular formula is C23H24O. The summed E-state index contributed by atoms with van der Waals surface area (Å²) in [5.74, 6) is 1.76. The summed E-state index contributed by atoms with van der Waals surface area (Å²) in [4.78, 5) is 0. The Kier molecular flexibility index (Phi) is 5.68. The minimum absolute atomic E-state index is 0.869. The Labute approximate surface area is 144 Å². The summed E-state index contributed by atoms with van der Waals surface area (Å²) in [6.07, 6.45) is 4.98. The van der Waals surface area contributed by atoms with Crippen molar-refractivity contribution < 1.29 is 4.74 Å². The number of benzene rings is 3. The van der Waals surface area contributed by atoms with Crippen LogP contribution in [0.3, 0.4) is 0 Å². The zero-order valence-electron chi connectivity index (χ0n) is 14.2. The maximum Gasteiger partial charge on any atom is 0.127 e. The van der Waals surface area contributed by atoms with Gasteiger partial charge in [-0.2, -0.15) is 0 Å². The first-order valence-electron chi connectivity index (χ1n) is 8.77. The largest absolute Gasteiger partial charge is 0.457 e. The van der Waals surface area contributed by atoms with Gasteiger partial charge in [-0.25, -0.2) is 0 Å². The van der Waals surface area contributed by atoms with Crippen LogP contribution in [-0.4, -0.2) is 0 Å². The number of ether oxygens (including phenoxy) is 1. The first-order chi connectivity index (χ1) is 11.8. The van der Waals surface area contributed by atoms with Crippen LogP contribution in [-0.2, 0) is 6.42 Å². The second-order valence-electron chi connectivity index (χ2n) is 6.09. The van der Waals surface area contributed by atoms with Gasteiger partial charge in [0.1, 0.15) is 11.5 Å². The van der Waals surface area contributed by atoms with Gasteiger partial charge in [0.05, 0.1) is 0 Å². The van der Waals surface area contributed by atoms with E-state index < -0.39 is 0 Å². The third kappa shape index (κ3) is 4.48. The monoisotopic (exact) mass is 316 g/mol. The lowest BCUT2D eigenvalue weighted by atomic mass is 10.1. The fourth-order valence-corrected chi connectivity index (χ4v) is 2.79. The van der Waals surface area contributed by atoms with Crippen molar-refractivity contribution in [3.63, 3.8) is 0 Å². The molecule has 0 unspecified atom stereocenters. The average Bonchev–Trinajstić information content (AvgIpc) is 2.65. The van der Waals surface area contributed by atoms with Crippen LogP contribution in [0.5, 0.6) is 11.5 Å². The molecule has 0 radical (unpaired) electrons. The van der Waals surface area contributed by atoms with Gasteiger partial charge in [0, 0.05) is 0 Å². The molecule has 0 aromatic heterocycles. The molecule has 1 heteroatoms. The third-order valence-corrected chi connectivity index (χ3v) is 4.19. The molecule has 0 amide bonds. The molecule has 122 valence electrons.